The van der Waals surface area contributed by atoms with E-state index in [1.54, 1.807) is 0 Å². The SMILES string of the molecule is C1=C(n2c3ccccc3c3cc(-c4ccc5[nH]c6ccccc6c5c4)ccc32)CNC(C2=NC(c3ccccc3)N=C(c3ccccc3)N2)N1. The van der Waals surface area contributed by atoms with Crippen LogP contribution in [-0.4, -0.2) is 33.9 Å². The molecule has 8 aromatic rings. The largest absolute Gasteiger partial charge is 0.368 e. The molecule has 2 unspecified atom stereocenters. The summed E-state index contributed by atoms with van der Waals surface area (Å²) in [4.78, 5) is 13.6. The van der Waals surface area contributed by atoms with Gasteiger partial charge < -0.3 is 20.2 Å². The normalized spacial score (nSPS) is 17.7. The molecule has 50 heavy (non-hydrogen) atoms. The second kappa shape index (κ2) is 11.6. The van der Waals surface area contributed by atoms with Gasteiger partial charge in [-0.15, -0.1) is 0 Å². The van der Waals surface area contributed by atoms with E-state index < -0.39 is 0 Å². The molecule has 4 heterocycles. The molecular formula is C43H33N7. The Morgan fingerprint density at radius 1 is 0.560 bits per heavy atom. The van der Waals surface area contributed by atoms with Gasteiger partial charge in [-0.2, -0.15) is 0 Å². The van der Waals surface area contributed by atoms with Crippen molar-refractivity contribution < 1.29 is 0 Å². The van der Waals surface area contributed by atoms with Crippen molar-refractivity contribution in [3.05, 3.63) is 163 Å². The van der Waals surface area contributed by atoms with Crippen LogP contribution in [0.3, 0.4) is 0 Å². The van der Waals surface area contributed by atoms with Crippen molar-refractivity contribution >= 4 is 61.0 Å². The molecule has 0 fully saturated rings. The van der Waals surface area contributed by atoms with Crippen LogP contribution in [0.15, 0.2) is 162 Å². The van der Waals surface area contributed by atoms with Gasteiger partial charge in [-0.3, -0.25) is 5.32 Å². The van der Waals surface area contributed by atoms with E-state index in [1.807, 2.05) is 36.4 Å². The first-order chi connectivity index (χ1) is 24.8. The average molecular weight is 648 g/mol. The smallest absolute Gasteiger partial charge is 0.169 e. The van der Waals surface area contributed by atoms with Gasteiger partial charge in [0.15, 0.2) is 6.17 Å². The third kappa shape index (κ3) is 4.78. The van der Waals surface area contributed by atoms with E-state index >= 15 is 0 Å². The molecule has 240 valence electrons. The maximum Gasteiger partial charge on any atom is 0.169 e. The minimum atomic E-state index is -0.333. The second-order valence-corrected chi connectivity index (χ2v) is 12.9. The first-order valence-electron chi connectivity index (χ1n) is 17.0. The summed E-state index contributed by atoms with van der Waals surface area (Å²) in [7, 11) is 0. The van der Waals surface area contributed by atoms with Crippen LogP contribution in [0.2, 0.25) is 0 Å². The minimum absolute atomic E-state index is 0.210. The number of aliphatic imine (C=N–C) groups is 2. The highest BCUT2D eigenvalue weighted by Crippen LogP contribution is 2.36. The van der Waals surface area contributed by atoms with Crippen LogP contribution < -0.4 is 16.0 Å². The molecule has 0 spiro atoms. The number of amidine groups is 2. The summed E-state index contributed by atoms with van der Waals surface area (Å²) in [5.74, 6) is 1.62. The molecule has 7 nitrogen and oxygen atoms in total. The number of fused-ring (bicyclic) bond motifs is 6. The first-order valence-corrected chi connectivity index (χ1v) is 17.0. The third-order valence-electron chi connectivity index (χ3n) is 9.88. The number of para-hydroxylation sites is 2. The maximum absolute atomic E-state index is 5.06. The Hall–Kier alpha value is -6.44. The number of hydrogen-bond donors (Lipinski definition) is 4. The van der Waals surface area contributed by atoms with Crippen LogP contribution in [-0.2, 0) is 0 Å². The molecule has 0 radical (unpaired) electrons. The highest BCUT2D eigenvalue weighted by Gasteiger charge is 2.27. The first kappa shape index (κ1) is 28.6. The predicted molar refractivity (Wildman–Crippen MR) is 206 cm³/mol. The van der Waals surface area contributed by atoms with Crippen molar-refractivity contribution in [1.29, 1.82) is 0 Å². The van der Waals surface area contributed by atoms with Gasteiger partial charge in [0.1, 0.15) is 17.8 Å². The Morgan fingerprint density at radius 2 is 1.24 bits per heavy atom. The van der Waals surface area contributed by atoms with E-state index in [0.29, 0.717) is 6.54 Å². The Balaban J connectivity index is 0.999. The van der Waals surface area contributed by atoms with E-state index in [0.717, 1.165) is 39.5 Å². The van der Waals surface area contributed by atoms with E-state index in [-0.39, 0.29) is 12.3 Å². The number of rotatable bonds is 5. The highest BCUT2D eigenvalue weighted by atomic mass is 15.3. The molecule has 2 aliphatic heterocycles. The molecule has 6 aromatic carbocycles. The zero-order chi connectivity index (χ0) is 33.0. The lowest BCUT2D eigenvalue weighted by Crippen LogP contribution is -2.56. The summed E-state index contributed by atoms with van der Waals surface area (Å²) in [5, 5.41) is 15.8. The molecule has 2 atom stereocenters. The van der Waals surface area contributed by atoms with Gasteiger partial charge in [0.25, 0.3) is 0 Å². The Labute approximate surface area is 288 Å². The average Bonchev–Trinajstić information content (AvgIpc) is 3.73. The quantitative estimate of drug-likeness (QED) is 0.151. The standard InChI is InChI=1S/C43H33N7/c1-3-11-27(12-4-1)40-47-41(28-13-5-2-6-14-28)49-43(48-40)42-44-25-31(26-45-42)50-38-18-10-8-16-33(38)35-24-30(20-22-39(35)50)29-19-21-37-34(23-29)32-15-7-9-17-36(32)46-37/h1-25,40,42,44-46H,26H2,(H,47,48,49). The van der Waals surface area contributed by atoms with Crippen molar-refractivity contribution in [2.45, 2.75) is 12.3 Å². The van der Waals surface area contributed by atoms with Crippen LogP contribution in [0.5, 0.6) is 0 Å². The fourth-order valence-electron chi connectivity index (χ4n) is 7.44. The van der Waals surface area contributed by atoms with Crippen molar-refractivity contribution in [3.8, 4) is 11.1 Å². The van der Waals surface area contributed by atoms with Crippen LogP contribution in [0.1, 0.15) is 17.3 Å². The van der Waals surface area contributed by atoms with Gasteiger partial charge in [0, 0.05) is 50.9 Å². The highest BCUT2D eigenvalue weighted by molar-refractivity contribution is 6.13. The summed E-state index contributed by atoms with van der Waals surface area (Å²) in [6, 6.07) is 51.2. The van der Waals surface area contributed by atoms with E-state index in [1.165, 1.54) is 43.7 Å². The molecule has 0 bridgehead atoms. The van der Waals surface area contributed by atoms with E-state index in [9.17, 15) is 0 Å². The number of benzene rings is 6. The number of nitrogens with zero attached hydrogens (tertiary/aromatic N) is 3. The second-order valence-electron chi connectivity index (χ2n) is 12.9. The predicted octanol–water partition coefficient (Wildman–Crippen LogP) is 8.56. The molecular weight excluding hydrogens is 615 g/mol. The number of aromatic amines is 1. The lowest BCUT2D eigenvalue weighted by molar-refractivity contribution is 0.569. The Morgan fingerprint density at radius 3 is 2.06 bits per heavy atom. The van der Waals surface area contributed by atoms with E-state index in [4.69, 9.17) is 9.98 Å². The van der Waals surface area contributed by atoms with Crippen molar-refractivity contribution in [3.63, 3.8) is 0 Å². The van der Waals surface area contributed by atoms with Gasteiger partial charge in [-0.1, -0.05) is 109 Å². The molecule has 4 N–H and O–H groups in total. The molecule has 0 saturated heterocycles. The van der Waals surface area contributed by atoms with Gasteiger partial charge in [0.2, 0.25) is 0 Å². The lowest BCUT2D eigenvalue weighted by Gasteiger charge is -2.31. The van der Waals surface area contributed by atoms with E-state index in [2.05, 4.69) is 141 Å². The van der Waals surface area contributed by atoms with Crippen LogP contribution in [0, 0.1) is 0 Å². The molecule has 0 aliphatic carbocycles. The third-order valence-corrected chi connectivity index (χ3v) is 9.88. The zero-order valence-electron chi connectivity index (χ0n) is 27.1. The van der Waals surface area contributed by atoms with Crippen LogP contribution in [0.4, 0.5) is 0 Å². The number of H-pyrrole nitrogens is 1. The Kier molecular flexibility index (Phi) is 6.63. The number of aromatic nitrogens is 2. The molecule has 10 rings (SSSR count). The summed E-state index contributed by atoms with van der Waals surface area (Å²) in [5.41, 5.74) is 10.3. The topological polar surface area (TPSA) is 81.5 Å². The monoisotopic (exact) mass is 647 g/mol. The summed E-state index contributed by atoms with van der Waals surface area (Å²) < 4.78 is 2.37. The minimum Gasteiger partial charge on any atom is -0.368 e. The zero-order valence-corrected chi connectivity index (χ0v) is 27.1. The fourth-order valence-corrected chi connectivity index (χ4v) is 7.44. The molecule has 2 aromatic heterocycles. The van der Waals surface area contributed by atoms with Crippen LogP contribution in [0.25, 0.3) is 60.4 Å². The van der Waals surface area contributed by atoms with Gasteiger partial charge in [-0.25, -0.2) is 9.98 Å². The Bertz CT molecular complexity index is 2660. The van der Waals surface area contributed by atoms with Crippen LogP contribution >= 0.6 is 0 Å². The van der Waals surface area contributed by atoms with Gasteiger partial charge in [-0.05, 0) is 53.1 Å². The number of hydrogen-bond acceptors (Lipinski definition) is 5. The molecule has 0 amide bonds. The molecule has 2 aliphatic rings. The molecule has 0 saturated carbocycles. The summed E-state index contributed by atoms with van der Waals surface area (Å²) in [6.45, 7) is 0.652. The lowest BCUT2D eigenvalue weighted by atomic mass is 10.0. The molecule has 7 heteroatoms. The van der Waals surface area contributed by atoms with Crippen molar-refractivity contribution in [2.24, 2.45) is 9.98 Å². The van der Waals surface area contributed by atoms with Gasteiger partial charge >= 0.3 is 0 Å². The number of nitrogens with one attached hydrogen (secondary N) is 4. The summed E-state index contributed by atoms with van der Waals surface area (Å²) >= 11 is 0. The summed E-state index contributed by atoms with van der Waals surface area (Å²) in [6.07, 6.45) is 1.58. The maximum atomic E-state index is 5.06. The van der Waals surface area contributed by atoms with Crippen molar-refractivity contribution in [2.75, 3.05) is 6.54 Å². The fraction of sp³-hybridized carbons (Fsp3) is 0.0698. The van der Waals surface area contributed by atoms with Crippen molar-refractivity contribution in [1.82, 2.24) is 25.5 Å². The van der Waals surface area contributed by atoms with Gasteiger partial charge in [0.05, 0.1) is 16.7 Å².